The van der Waals surface area contributed by atoms with Gasteiger partial charge >= 0.3 is 11.9 Å². The van der Waals surface area contributed by atoms with Crippen molar-refractivity contribution in [3.63, 3.8) is 0 Å². The molecule has 4 nitrogen and oxygen atoms in total. The molecule has 0 saturated heterocycles. The Morgan fingerprint density at radius 3 is 0.674 bits per heavy atom. The van der Waals surface area contributed by atoms with Gasteiger partial charge in [0.1, 0.15) is 0 Å². The van der Waals surface area contributed by atoms with Crippen molar-refractivity contribution < 1.29 is 39.3 Å². The van der Waals surface area contributed by atoms with Gasteiger partial charge in [0.15, 0.2) is 0 Å². The summed E-state index contributed by atoms with van der Waals surface area (Å²) in [7, 11) is 0. The normalized spacial score (nSPS) is 11.5. The van der Waals surface area contributed by atoms with E-state index in [9.17, 15) is 9.59 Å². The molecule has 0 unspecified atom stereocenters. The molecule has 0 atom stereocenters. The van der Waals surface area contributed by atoms with Crippen LogP contribution >= 0.6 is 0 Å². The van der Waals surface area contributed by atoms with Gasteiger partial charge in [0.2, 0.25) is 0 Å². The molecule has 0 aliphatic rings. The molecule has 254 valence electrons. The van der Waals surface area contributed by atoms with Crippen molar-refractivity contribution >= 4 is 11.9 Å². The van der Waals surface area contributed by atoms with E-state index in [2.05, 4.69) is 41.5 Å². The molecule has 5 heteroatoms. The average molecular weight is 662 g/mol. The molecule has 0 amide bonds. The molecule has 0 bridgehead atoms. The number of hydrogen-bond acceptors (Lipinski definition) is 2. The summed E-state index contributed by atoms with van der Waals surface area (Å²) in [4.78, 5) is 20.7. The van der Waals surface area contributed by atoms with E-state index in [0.717, 1.165) is 25.7 Å². The third-order valence-electron chi connectivity index (χ3n) is 8.13. The summed E-state index contributed by atoms with van der Waals surface area (Å²) in [6, 6.07) is 0. The number of carboxylic acid groups (broad SMARTS) is 2. The predicted octanol–water partition coefficient (Wildman–Crippen LogP) is 13.2. The Kier molecular flexibility index (Phi) is 36.0. The van der Waals surface area contributed by atoms with Crippen molar-refractivity contribution in [2.75, 3.05) is 0 Å². The van der Waals surface area contributed by atoms with Crippen LogP contribution in [0.1, 0.15) is 221 Å². The zero-order valence-corrected chi connectivity index (χ0v) is 33.2. The van der Waals surface area contributed by atoms with E-state index in [1.165, 1.54) is 141 Å². The number of hydrogen-bond donors (Lipinski definition) is 2. The fraction of sp³-hybridized carbons (Fsp3) is 0.947. The summed E-state index contributed by atoms with van der Waals surface area (Å²) >= 11 is 0. The van der Waals surface area contributed by atoms with Crippen molar-refractivity contribution in [1.82, 2.24) is 0 Å². The summed E-state index contributed by atoms with van der Waals surface area (Å²) in [6.07, 6.45) is 34.4. The number of aliphatic carboxylic acids is 2. The molecule has 0 saturated carbocycles. The standard InChI is InChI=1S/2C19H38O2.Zn/c2*1-19(2,3)17-15-13-11-9-7-5-4-6-8-10-12-14-16-18(20)21;/h2*4-17H2,1-3H3,(H,20,21);. The maximum absolute atomic E-state index is 10.3. The topological polar surface area (TPSA) is 74.6 Å². The molecular weight excluding hydrogens is 586 g/mol. The van der Waals surface area contributed by atoms with Gasteiger partial charge in [-0.15, -0.1) is 0 Å². The Morgan fingerprint density at radius 1 is 0.349 bits per heavy atom. The van der Waals surface area contributed by atoms with Crippen LogP contribution in [0.2, 0.25) is 0 Å². The SMILES string of the molecule is CC(C)(C)CCCCCCCCCCCCCCC(=O)O.CC(C)(C)CCCCCCCCCCCCCCC(=O)O.[Zn]. The zero-order chi connectivity index (χ0) is 32.0. The summed E-state index contributed by atoms with van der Waals surface area (Å²) in [5.41, 5.74) is 1.01. The Balaban J connectivity index is -0.000000727. The summed E-state index contributed by atoms with van der Waals surface area (Å²) < 4.78 is 0. The van der Waals surface area contributed by atoms with Crippen LogP contribution in [-0.2, 0) is 29.1 Å². The van der Waals surface area contributed by atoms with Crippen LogP contribution in [-0.4, -0.2) is 22.2 Å². The van der Waals surface area contributed by atoms with E-state index in [4.69, 9.17) is 10.2 Å². The number of unbranched alkanes of at least 4 members (excludes halogenated alkanes) is 22. The molecule has 0 heterocycles. The van der Waals surface area contributed by atoms with Gasteiger partial charge in [0.25, 0.3) is 0 Å². The number of carbonyl (C=O) groups is 2. The van der Waals surface area contributed by atoms with Crippen LogP contribution in [0.3, 0.4) is 0 Å². The first kappa shape index (κ1) is 47.0. The van der Waals surface area contributed by atoms with Crippen molar-refractivity contribution in [1.29, 1.82) is 0 Å². The number of rotatable bonds is 28. The minimum atomic E-state index is -0.655. The minimum absolute atomic E-state index is 0. The first-order valence-corrected chi connectivity index (χ1v) is 18.3. The zero-order valence-electron chi connectivity index (χ0n) is 30.2. The van der Waals surface area contributed by atoms with Crippen molar-refractivity contribution in [2.24, 2.45) is 10.8 Å². The van der Waals surface area contributed by atoms with Crippen LogP contribution in [0.15, 0.2) is 0 Å². The fourth-order valence-corrected chi connectivity index (χ4v) is 5.40. The molecule has 0 spiro atoms. The monoisotopic (exact) mass is 661 g/mol. The van der Waals surface area contributed by atoms with Gasteiger partial charge in [-0.1, -0.05) is 183 Å². The molecule has 0 aliphatic carbocycles. The molecule has 2 N–H and O–H groups in total. The molecule has 0 fully saturated rings. The van der Waals surface area contributed by atoms with Crippen LogP contribution in [0.25, 0.3) is 0 Å². The van der Waals surface area contributed by atoms with E-state index >= 15 is 0 Å². The van der Waals surface area contributed by atoms with Gasteiger partial charge in [0, 0.05) is 32.3 Å². The van der Waals surface area contributed by atoms with E-state index in [0.29, 0.717) is 23.7 Å². The maximum Gasteiger partial charge on any atom is 0.303 e. The summed E-state index contributed by atoms with van der Waals surface area (Å²) in [5, 5.41) is 17.1. The van der Waals surface area contributed by atoms with Crippen molar-refractivity contribution in [2.45, 2.75) is 221 Å². The molecule has 0 aromatic carbocycles. The van der Waals surface area contributed by atoms with Crippen molar-refractivity contribution in [3.05, 3.63) is 0 Å². The average Bonchev–Trinajstić information content (AvgIpc) is 2.88. The summed E-state index contributed by atoms with van der Waals surface area (Å²) in [5.74, 6) is -1.31. The van der Waals surface area contributed by atoms with Gasteiger partial charge in [-0.25, -0.2) is 0 Å². The largest absolute Gasteiger partial charge is 0.481 e. The molecule has 0 radical (unpaired) electrons. The second-order valence-corrected chi connectivity index (χ2v) is 15.4. The molecule has 0 rings (SSSR count). The molecular formula is C38H76O4Zn. The predicted molar refractivity (Wildman–Crippen MR) is 183 cm³/mol. The van der Waals surface area contributed by atoms with Gasteiger partial charge < -0.3 is 10.2 Å². The second kappa shape index (κ2) is 32.9. The van der Waals surface area contributed by atoms with Gasteiger partial charge in [0.05, 0.1) is 0 Å². The molecule has 43 heavy (non-hydrogen) atoms. The quantitative estimate of drug-likeness (QED) is 0.0646. The van der Waals surface area contributed by atoms with E-state index in [-0.39, 0.29) is 19.5 Å². The van der Waals surface area contributed by atoms with E-state index in [1.807, 2.05) is 0 Å². The second-order valence-electron chi connectivity index (χ2n) is 15.4. The first-order chi connectivity index (χ1) is 19.8. The third kappa shape index (κ3) is 51.4. The van der Waals surface area contributed by atoms with Gasteiger partial charge in [-0.2, -0.15) is 0 Å². The third-order valence-corrected chi connectivity index (χ3v) is 8.13. The van der Waals surface area contributed by atoms with E-state index in [1.54, 1.807) is 0 Å². The number of carboxylic acids is 2. The molecule has 0 aromatic heterocycles. The van der Waals surface area contributed by atoms with Crippen LogP contribution in [0.5, 0.6) is 0 Å². The Bertz CT molecular complexity index is 540. The molecule has 0 aromatic rings. The smallest absolute Gasteiger partial charge is 0.303 e. The van der Waals surface area contributed by atoms with Crippen LogP contribution < -0.4 is 0 Å². The van der Waals surface area contributed by atoms with Crippen LogP contribution in [0, 0.1) is 10.8 Å². The first-order valence-electron chi connectivity index (χ1n) is 18.3. The summed E-state index contributed by atoms with van der Waals surface area (Å²) in [6.45, 7) is 14.0. The minimum Gasteiger partial charge on any atom is -0.481 e. The van der Waals surface area contributed by atoms with Crippen LogP contribution in [0.4, 0.5) is 0 Å². The Labute approximate surface area is 282 Å². The maximum atomic E-state index is 10.3. The molecule has 0 aliphatic heterocycles. The fourth-order valence-electron chi connectivity index (χ4n) is 5.40. The Hall–Kier alpha value is -0.437. The Morgan fingerprint density at radius 2 is 0.512 bits per heavy atom. The van der Waals surface area contributed by atoms with Gasteiger partial charge in [-0.05, 0) is 36.5 Å². The van der Waals surface area contributed by atoms with Gasteiger partial charge in [-0.3, -0.25) is 9.59 Å². The van der Waals surface area contributed by atoms with Crippen molar-refractivity contribution in [3.8, 4) is 0 Å². The van der Waals surface area contributed by atoms with E-state index < -0.39 is 11.9 Å².